The van der Waals surface area contributed by atoms with Crippen molar-refractivity contribution in [1.29, 1.82) is 0 Å². The van der Waals surface area contributed by atoms with Gasteiger partial charge in [0, 0.05) is 6.42 Å². The summed E-state index contributed by atoms with van der Waals surface area (Å²) in [6.07, 6.45) is 0.600. The first-order chi connectivity index (χ1) is 5.97. The summed E-state index contributed by atoms with van der Waals surface area (Å²) in [5.41, 5.74) is 5.29. The first-order valence-electron chi connectivity index (χ1n) is 4.03. The van der Waals surface area contributed by atoms with E-state index in [1.807, 2.05) is 0 Å². The van der Waals surface area contributed by atoms with Gasteiger partial charge >= 0.3 is 5.97 Å². The average molecular weight is 208 g/mol. The number of halogens is 1. The third-order valence-corrected chi connectivity index (χ3v) is 2.00. The molecule has 4 nitrogen and oxygen atoms in total. The second-order valence-corrected chi connectivity index (χ2v) is 3.43. The molecular formula is C8H14ClNO3. The van der Waals surface area contributed by atoms with Gasteiger partial charge in [0.25, 0.3) is 0 Å². The maximum Gasteiger partial charge on any atom is 0.320 e. The topological polar surface area (TPSA) is 80.4 Å². The lowest BCUT2D eigenvalue weighted by molar-refractivity contribution is -0.139. The molecule has 2 atom stereocenters. The number of hydrogen-bond acceptors (Lipinski definition) is 3. The van der Waals surface area contributed by atoms with E-state index in [0.717, 1.165) is 0 Å². The summed E-state index contributed by atoms with van der Waals surface area (Å²) in [6, 6.07) is -0.891. The van der Waals surface area contributed by atoms with Crippen LogP contribution >= 0.6 is 11.6 Å². The molecule has 0 heterocycles. The summed E-state index contributed by atoms with van der Waals surface area (Å²) in [6.45, 7) is 1.78. The number of aliphatic carboxylic acids is 1. The molecule has 0 aromatic heterocycles. The molecule has 0 saturated heterocycles. The Bertz CT molecular complexity index is 196. The maximum absolute atomic E-state index is 10.9. The molecule has 5 heteroatoms. The Morgan fingerprint density at radius 3 is 2.46 bits per heavy atom. The number of alkyl halides is 1. The zero-order valence-corrected chi connectivity index (χ0v) is 8.25. The maximum atomic E-state index is 10.9. The summed E-state index contributed by atoms with van der Waals surface area (Å²) >= 11 is 5.30. The molecule has 1 unspecified atom stereocenters. The van der Waals surface area contributed by atoms with Crippen molar-refractivity contribution in [1.82, 2.24) is 0 Å². The van der Waals surface area contributed by atoms with E-state index in [1.165, 1.54) is 0 Å². The molecule has 0 aromatic rings. The van der Waals surface area contributed by atoms with Crippen LogP contribution in [0.3, 0.4) is 0 Å². The third kappa shape index (κ3) is 5.60. The summed E-state index contributed by atoms with van der Waals surface area (Å²) < 4.78 is 0. The quantitative estimate of drug-likeness (QED) is 0.626. The molecule has 0 aliphatic carbocycles. The number of carboxylic acid groups (broad SMARTS) is 1. The first kappa shape index (κ1) is 12.4. The summed E-state index contributed by atoms with van der Waals surface area (Å²) in [4.78, 5) is 21.2. The lowest BCUT2D eigenvalue weighted by Gasteiger charge is -2.12. The van der Waals surface area contributed by atoms with Gasteiger partial charge in [-0.15, -0.1) is 11.6 Å². The second kappa shape index (κ2) is 5.94. The van der Waals surface area contributed by atoms with Gasteiger partial charge in [-0.2, -0.15) is 0 Å². The van der Waals surface area contributed by atoms with Gasteiger partial charge in [0.2, 0.25) is 0 Å². The summed E-state index contributed by atoms with van der Waals surface area (Å²) in [5, 5.41) is 8.49. The van der Waals surface area contributed by atoms with E-state index >= 15 is 0 Å². The van der Waals surface area contributed by atoms with Crippen molar-refractivity contribution in [2.75, 3.05) is 5.88 Å². The van der Waals surface area contributed by atoms with Gasteiger partial charge in [-0.05, 0) is 12.3 Å². The number of carboxylic acids is 1. The SMILES string of the molecule is CC(CC(=O)CCl)C[C@H](N)C(=O)O. The predicted octanol–water partition coefficient (Wildman–Crippen LogP) is 0.622. The van der Waals surface area contributed by atoms with Crippen molar-refractivity contribution in [3.8, 4) is 0 Å². The van der Waals surface area contributed by atoms with Crippen LogP contribution < -0.4 is 5.73 Å². The van der Waals surface area contributed by atoms with Crippen LogP contribution in [0.5, 0.6) is 0 Å². The highest BCUT2D eigenvalue weighted by atomic mass is 35.5. The number of carbonyl (C=O) groups is 2. The molecule has 0 bridgehead atoms. The van der Waals surface area contributed by atoms with Crippen molar-refractivity contribution in [3.63, 3.8) is 0 Å². The van der Waals surface area contributed by atoms with E-state index in [9.17, 15) is 9.59 Å². The van der Waals surface area contributed by atoms with E-state index < -0.39 is 12.0 Å². The minimum absolute atomic E-state index is 0.0212. The van der Waals surface area contributed by atoms with Gasteiger partial charge < -0.3 is 10.8 Å². The monoisotopic (exact) mass is 207 g/mol. The van der Waals surface area contributed by atoms with Crippen LogP contribution in [-0.2, 0) is 9.59 Å². The normalized spacial score (nSPS) is 15.0. The zero-order valence-electron chi connectivity index (χ0n) is 7.50. The largest absolute Gasteiger partial charge is 0.480 e. The van der Waals surface area contributed by atoms with Gasteiger partial charge in [0.15, 0.2) is 0 Å². The molecule has 13 heavy (non-hydrogen) atoms. The van der Waals surface area contributed by atoms with E-state index in [2.05, 4.69) is 0 Å². The van der Waals surface area contributed by atoms with Crippen molar-refractivity contribution >= 4 is 23.4 Å². The van der Waals surface area contributed by atoms with E-state index in [0.29, 0.717) is 12.8 Å². The lowest BCUT2D eigenvalue weighted by atomic mass is 9.97. The average Bonchev–Trinajstić information content (AvgIpc) is 2.03. The van der Waals surface area contributed by atoms with Crippen LogP contribution in [0.1, 0.15) is 19.8 Å². The van der Waals surface area contributed by atoms with Crippen LogP contribution in [0.25, 0.3) is 0 Å². The van der Waals surface area contributed by atoms with Crippen molar-refractivity contribution in [2.45, 2.75) is 25.8 Å². The van der Waals surface area contributed by atoms with Crippen LogP contribution in [0.2, 0.25) is 0 Å². The molecular weight excluding hydrogens is 194 g/mol. The number of hydrogen-bond donors (Lipinski definition) is 2. The highest BCUT2D eigenvalue weighted by Crippen LogP contribution is 2.10. The molecule has 0 aromatic carbocycles. The summed E-state index contributed by atoms with van der Waals surface area (Å²) in [7, 11) is 0. The zero-order chi connectivity index (χ0) is 10.4. The molecule has 0 saturated carbocycles. The van der Waals surface area contributed by atoms with Gasteiger partial charge in [-0.3, -0.25) is 9.59 Å². The second-order valence-electron chi connectivity index (χ2n) is 3.16. The molecule has 0 rings (SSSR count). The molecule has 0 amide bonds. The first-order valence-corrected chi connectivity index (χ1v) is 4.56. The van der Waals surface area contributed by atoms with E-state index in [4.69, 9.17) is 22.4 Å². The van der Waals surface area contributed by atoms with Crippen LogP contribution in [0.15, 0.2) is 0 Å². The van der Waals surface area contributed by atoms with Crippen LogP contribution in [0, 0.1) is 5.92 Å². The third-order valence-electron chi connectivity index (χ3n) is 1.70. The van der Waals surface area contributed by atoms with Crippen LogP contribution in [-0.4, -0.2) is 28.8 Å². The van der Waals surface area contributed by atoms with Crippen LogP contribution in [0.4, 0.5) is 0 Å². The fraction of sp³-hybridized carbons (Fsp3) is 0.750. The Morgan fingerprint density at radius 2 is 2.08 bits per heavy atom. The Balaban J connectivity index is 3.80. The van der Waals surface area contributed by atoms with E-state index in [-0.39, 0.29) is 17.6 Å². The standard InChI is InChI=1S/C8H14ClNO3/c1-5(2-6(11)4-9)3-7(10)8(12)13/h5,7H,2-4,10H2,1H3,(H,12,13)/t5?,7-/m0/s1. The van der Waals surface area contributed by atoms with Crippen molar-refractivity contribution in [2.24, 2.45) is 11.7 Å². The van der Waals surface area contributed by atoms with Crippen molar-refractivity contribution < 1.29 is 14.7 Å². The minimum Gasteiger partial charge on any atom is -0.480 e. The Kier molecular flexibility index (Phi) is 5.66. The number of carbonyl (C=O) groups excluding carboxylic acids is 1. The predicted molar refractivity (Wildman–Crippen MR) is 49.7 cm³/mol. The number of ketones is 1. The Hall–Kier alpha value is -0.610. The van der Waals surface area contributed by atoms with E-state index in [1.54, 1.807) is 6.92 Å². The Labute approximate surface area is 82.1 Å². The van der Waals surface area contributed by atoms with Crippen molar-refractivity contribution in [3.05, 3.63) is 0 Å². The molecule has 0 aliphatic heterocycles. The van der Waals surface area contributed by atoms with Gasteiger partial charge in [0.1, 0.15) is 11.8 Å². The minimum atomic E-state index is -1.04. The number of nitrogens with two attached hydrogens (primary N) is 1. The molecule has 76 valence electrons. The number of rotatable bonds is 6. The van der Waals surface area contributed by atoms with Gasteiger partial charge in [-0.25, -0.2) is 0 Å². The molecule has 0 fully saturated rings. The molecule has 0 radical (unpaired) electrons. The fourth-order valence-corrected chi connectivity index (χ4v) is 1.17. The Morgan fingerprint density at radius 1 is 1.54 bits per heavy atom. The number of Topliss-reactive ketones (excluding diaryl/α,β-unsaturated/α-hetero) is 1. The van der Waals surface area contributed by atoms with Gasteiger partial charge in [0.05, 0.1) is 5.88 Å². The molecule has 3 N–H and O–H groups in total. The molecule has 0 spiro atoms. The summed E-state index contributed by atoms with van der Waals surface area (Å²) in [5.74, 6) is -1.17. The smallest absolute Gasteiger partial charge is 0.320 e. The highest BCUT2D eigenvalue weighted by Gasteiger charge is 2.17. The fourth-order valence-electron chi connectivity index (χ4n) is 1.06. The molecule has 0 aliphatic rings. The van der Waals surface area contributed by atoms with Gasteiger partial charge in [-0.1, -0.05) is 6.92 Å². The lowest BCUT2D eigenvalue weighted by Crippen LogP contribution is -2.32. The highest BCUT2D eigenvalue weighted by molar-refractivity contribution is 6.27.